The molecule has 1 amide bonds. The largest absolute Gasteiger partial charge is 0.356 e. The fraction of sp³-hybridized carbons (Fsp3) is 0.593. The average Bonchev–Trinajstić information content (AvgIpc) is 3.16. The second kappa shape index (κ2) is 10.7. The van der Waals surface area contributed by atoms with Crippen molar-refractivity contribution >= 4 is 17.7 Å². The first kappa shape index (κ1) is 23.1. The molecule has 2 aromatic rings. The van der Waals surface area contributed by atoms with Gasteiger partial charge in [0.2, 0.25) is 5.95 Å². The minimum absolute atomic E-state index is 0.167. The van der Waals surface area contributed by atoms with E-state index in [1.165, 1.54) is 31.2 Å². The quantitative estimate of drug-likeness (QED) is 0.726. The average molecular weight is 463 g/mol. The summed E-state index contributed by atoms with van der Waals surface area (Å²) in [6.07, 6.45) is 10.2. The SMILES string of the molecule is Cc1ccc(C(=O)N2CCC(N3CCC(Nc4nccc(N5CCCCCC5)n4)C3)CC2)cc1. The molecule has 3 saturated heterocycles. The van der Waals surface area contributed by atoms with Gasteiger partial charge in [0.25, 0.3) is 5.91 Å². The van der Waals surface area contributed by atoms with Crippen LogP contribution in [0.25, 0.3) is 0 Å². The van der Waals surface area contributed by atoms with Crippen LogP contribution in [0.15, 0.2) is 36.5 Å². The summed E-state index contributed by atoms with van der Waals surface area (Å²) >= 11 is 0. The molecule has 4 heterocycles. The highest BCUT2D eigenvalue weighted by Crippen LogP contribution is 2.24. The molecule has 0 bridgehead atoms. The molecule has 1 N–H and O–H groups in total. The molecule has 7 nitrogen and oxygen atoms in total. The Morgan fingerprint density at radius 1 is 0.912 bits per heavy atom. The maximum Gasteiger partial charge on any atom is 0.253 e. The van der Waals surface area contributed by atoms with Crippen molar-refractivity contribution in [2.24, 2.45) is 0 Å². The lowest BCUT2D eigenvalue weighted by Crippen LogP contribution is -2.46. The number of carbonyl (C=O) groups excluding carboxylic acids is 1. The molecule has 0 saturated carbocycles. The van der Waals surface area contributed by atoms with Crippen LogP contribution in [-0.2, 0) is 0 Å². The van der Waals surface area contributed by atoms with Gasteiger partial charge in [-0.1, -0.05) is 30.5 Å². The number of nitrogens with one attached hydrogen (secondary N) is 1. The lowest BCUT2D eigenvalue weighted by molar-refractivity contribution is 0.0643. The number of aryl methyl sites for hydroxylation is 1. The second-order valence-electron chi connectivity index (χ2n) is 10.2. The zero-order valence-electron chi connectivity index (χ0n) is 20.5. The van der Waals surface area contributed by atoms with Gasteiger partial charge in [0, 0.05) is 63.1 Å². The second-order valence-corrected chi connectivity index (χ2v) is 10.2. The van der Waals surface area contributed by atoms with Crippen molar-refractivity contribution in [2.75, 3.05) is 49.5 Å². The highest BCUT2D eigenvalue weighted by Gasteiger charge is 2.32. The number of hydrogen-bond donors (Lipinski definition) is 1. The molecule has 7 heteroatoms. The van der Waals surface area contributed by atoms with Gasteiger partial charge in [-0.05, 0) is 57.2 Å². The van der Waals surface area contributed by atoms with Crippen molar-refractivity contribution in [2.45, 2.75) is 64.0 Å². The third-order valence-electron chi connectivity index (χ3n) is 7.69. The topological polar surface area (TPSA) is 64.6 Å². The summed E-state index contributed by atoms with van der Waals surface area (Å²) in [7, 11) is 0. The molecule has 182 valence electrons. The molecule has 1 aromatic carbocycles. The summed E-state index contributed by atoms with van der Waals surface area (Å²) in [4.78, 5) is 29.2. The lowest BCUT2D eigenvalue weighted by Gasteiger charge is -2.36. The van der Waals surface area contributed by atoms with Gasteiger partial charge < -0.3 is 15.1 Å². The van der Waals surface area contributed by atoms with Gasteiger partial charge in [0.1, 0.15) is 5.82 Å². The number of anilines is 2. The Labute approximate surface area is 203 Å². The van der Waals surface area contributed by atoms with Crippen molar-refractivity contribution in [3.05, 3.63) is 47.7 Å². The molecule has 1 unspecified atom stereocenters. The molecule has 1 aromatic heterocycles. The van der Waals surface area contributed by atoms with Crippen LogP contribution in [0.5, 0.6) is 0 Å². The van der Waals surface area contributed by atoms with Gasteiger partial charge in [-0.15, -0.1) is 0 Å². The molecule has 3 aliphatic heterocycles. The predicted octanol–water partition coefficient (Wildman–Crippen LogP) is 3.96. The van der Waals surface area contributed by atoms with Crippen LogP contribution in [0.3, 0.4) is 0 Å². The third kappa shape index (κ3) is 5.52. The van der Waals surface area contributed by atoms with Crippen LogP contribution in [0.4, 0.5) is 11.8 Å². The number of rotatable bonds is 5. The fourth-order valence-corrected chi connectivity index (χ4v) is 5.63. The van der Waals surface area contributed by atoms with E-state index in [0.717, 1.165) is 75.9 Å². The van der Waals surface area contributed by atoms with E-state index in [9.17, 15) is 4.79 Å². The van der Waals surface area contributed by atoms with Crippen LogP contribution in [0.1, 0.15) is 60.9 Å². The molecule has 34 heavy (non-hydrogen) atoms. The van der Waals surface area contributed by atoms with E-state index >= 15 is 0 Å². The maximum atomic E-state index is 12.8. The first-order valence-corrected chi connectivity index (χ1v) is 13.1. The monoisotopic (exact) mass is 462 g/mol. The van der Waals surface area contributed by atoms with Gasteiger partial charge in [-0.2, -0.15) is 4.98 Å². The van der Waals surface area contributed by atoms with Gasteiger partial charge >= 0.3 is 0 Å². The molecule has 0 radical (unpaired) electrons. The minimum Gasteiger partial charge on any atom is -0.356 e. The number of piperidine rings is 1. The van der Waals surface area contributed by atoms with Crippen LogP contribution in [0, 0.1) is 6.92 Å². The summed E-state index contributed by atoms with van der Waals surface area (Å²) in [5, 5.41) is 3.60. The third-order valence-corrected chi connectivity index (χ3v) is 7.69. The minimum atomic E-state index is 0.167. The van der Waals surface area contributed by atoms with Gasteiger partial charge in [0.15, 0.2) is 0 Å². The summed E-state index contributed by atoms with van der Waals surface area (Å²) in [5.74, 6) is 1.98. The standard InChI is InChI=1S/C27H38N6O/c1-21-6-8-22(9-7-21)26(34)32-18-12-24(13-19-32)33-17-11-23(20-33)29-27-28-14-10-25(30-27)31-15-4-2-3-5-16-31/h6-10,14,23-24H,2-5,11-13,15-20H2,1H3,(H,28,29,30). The number of hydrogen-bond acceptors (Lipinski definition) is 6. The highest BCUT2D eigenvalue weighted by molar-refractivity contribution is 5.94. The summed E-state index contributed by atoms with van der Waals surface area (Å²) in [5.41, 5.74) is 1.99. The van der Waals surface area contributed by atoms with Gasteiger partial charge in [0.05, 0.1) is 0 Å². The van der Waals surface area contributed by atoms with E-state index in [2.05, 4.69) is 27.0 Å². The molecule has 5 rings (SSSR count). The summed E-state index contributed by atoms with van der Waals surface area (Å²) in [6.45, 7) is 8.04. The molecule has 1 atom stereocenters. The van der Waals surface area contributed by atoms with Gasteiger partial charge in [-0.3, -0.25) is 9.69 Å². The van der Waals surface area contributed by atoms with Crippen LogP contribution in [-0.4, -0.2) is 77.0 Å². The Bertz CT molecular complexity index is 948. The molecule has 3 fully saturated rings. The Morgan fingerprint density at radius 2 is 1.65 bits per heavy atom. The zero-order chi connectivity index (χ0) is 23.3. The Morgan fingerprint density at radius 3 is 2.38 bits per heavy atom. The first-order valence-electron chi connectivity index (χ1n) is 13.1. The molecule has 0 spiro atoms. The Hall–Kier alpha value is -2.67. The normalized spacial score (nSPS) is 22.6. The van der Waals surface area contributed by atoms with Crippen LogP contribution < -0.4 is 10.2 Å². The van der Waals surface area contributed by atoms with E-state index in [1.54, 1.807) is 0 Å². The first-order chi connectivity index (χ1) is 16.7. The molecular formula is C27H38N6O. The van der Waals surface area contributed by atoms with Crippen LogP contribution in [0.2, 0.25) is 0 Å². The van der Waals surface area contributed by atoms with Crippen molar-refractivity contribution in [1.29, 1.82) is 0 Å². The molecular weight excluding hydrogens is 424 g/mol. The Balaban J connectivity index is 1.11. The summed E-state index contributed by atoms with van der Waals surface area (Å²) < 4.78 is 0. The highest BCUT2D eigenvalue weighted by atomic mass is 16.2. The van der Waals surface area contributed by atoms with Crippen LogP contribution >= 0.6 is 0 Å². The van der Waals surface area contributed by atoms with Crippen molar-refractivity contribution < 1.29 is 4.79 Å². The number of carbonyl (C=O) groups is 1. The number of likely N-dealkylation sites (tertiary alicyclic amines) is 2. The van der Waals surface area contributed by atoms with E-state index in [-0.39, 0.29) is 5.91 Å². The van der Waals surface area contributed by atoms with E-state index in [0.29, 0.717) is 12.1 Å². The van der Waals surface area contributed by atoms with E-state index in [1.807, 2.05) is 41.4 Å². The van der Waals surface area contributed by atoms with Gasteiger partial charge in [-0.25, -0.2) is 4.98 Å². The number of aromatic nitrogens is 2. The number of benzene rings is 1. The van der Waals surface area contributed by atoms with Crippen molar-refractivity contribution in [3.63, 3.8) is 0 Å². The van der Waals surface area contributed by atoms with Crippen molar-refractivity contribution in [1.82, 2.24) is 19.8 Å². The van der Waals surface area contributed by atoms with E-state index < -0.39 is 0 Å². The number of amides is 1. The molecule has 0 aliphatic carbocycles. The maximum absolute atomic E-state index is 12.8. The molecule has 3 aliphatic rings. The summed E-state index contributed by atoms with van der Waals surface area (Å²) in [6, 6.07) is 10.9. The Kier molecular flexibility index (Phi) is 7.28. The zero-order valence-corrected chi connectivity index (χ0v) is 20.5. The number of nitrogens with zero attached hydrogens (tertiary/aromatic N) is 5. The van der Waals surface area contributed by atoms with Crippen molar-refractivity contribution in [3.8, 4) is 0 Å². The lowest BCUT2D eigenvalue weighted by atomic mass is 10.0. The van der Waals surface area contributed by atoms with E-state index in [4.69, 9.17) is 4.98 Å². The smallest absolute Gasteiger partial charge is 0.253 e. The predicted molar refractivity (Wildman–Crippen MR) is 136 cm³/mol. The fourth-order valence-electron chi connectivity index (χ4n) is 5.63.